The number of nitrogens with zero attached hydrogens (tertiary/aromatic N) is 1. The van der Waals surface area contributed by atoms with E-state index < -0.39 is 0 Å². The molecule has 1 saturated heterocycles. The minimum atomic E-state index is -0.0770. The number of carbonyl (C=O) groups excluding carboxylic acids is 1. The van der Waals surface area contributed by atoms with E-state index in [-0.39, 0.29) is 24.0 Å². The van der Waals surface area contributed by atoms with E-state index in [4.69, 9.17) is 4.74 Å². The second-order valence-corrected chi connectivity index (χ2v) is 7.74. The van der Waals surface area contributed by atoms with Crippen LogP contribution in [0.5, 0.6) is 0 Å². The average Bonchev–Trinajstić information content (AvgIpc) is 2.59. The molecule has 1 heterocycles. The second kappa shape index (κ2) is 9.32. The van der Waals surface area contributed by atoms with Crippen molar-refractivity contribution in [1.29, 1.82) is 0 Å². The maximum atomic E-state index is 12.2. The van der Waals surface area contributed by atoms with Crippen LogP contribution in [0.15, 0.2) is 24.3 Å². The standard InChI is InChI=1S/C20H32N2O3/c1-16(2)25-13-18-7-5-17(6-8-18)11-21-19(24)12-22-10-4-9-20(3,14-22)15-23/h5-8,16,23H,4,9-15H2,1-3H3,(H,21,24). The first-order chi connectivity index (χ1) is 11.9. The molecule has 1 unspecified atom stereocenters. The van der Waals surface area contributed by atoms with Crippen molar-refractivity contribution in [2.45, 2.75) is 52.9 Å². The molecule has 1 aliphatic rings. The van der Waals surface area contributed by atoms with Gasteiger partial charge < -0.3 is 15.2 Å². The first kappa shape index (κ1) is 19.9. The first-order valence-corrected chi connectivity index (χ1v) is 9.19. The zero-order chi connectivity index (χ0) is 18.3. The maximum absolute atomic E-state index is 12.2. The van der Waals surface area contributed by atoms with E-state index in [1.165, 1.54) is 0 Å². The number of hydrogen-bond acceptors (Lipinski definition) is 4. The third kappa shape index (κ3) is 6.77. The molecule has 1 aromatic rings. The van der Waals surface area contributed by atoms with Crippen LogP contribution in [0.2, 0.25) is 0 Å². The van der Waals surface area contributed by atoms with Gasteiger partial charge in [-0.3, -0.25) is 9.69 Å². The topological polar surface area (TPSA) is 61.8 Å². The summed E-state index contributed by atoms with van der Waals surface area (Å²) in [5, 5.41) is 12.5. The van der Waals surface area contributed by atoms with Crippen LogP contribution in [0.25, 0.3) is 0 Å². The quantitative estimate of drug-likeness (QED) is 0.757. The molecule has 0 spiro atoms. The highest BCUT2D eigenvalue weighted by atomic mass is 16.5. The van der Waals surface area contributed by atoms with Crippen LogP contribution in [0.3, 0.4) is 0 Å². The van der Waals surface area contributed by atoms with E-state index in [0.29, 0.717) is 19.7 Å². The van der Waals surface area contributed by atoms with Crippen LogP contribution < -0.4 is 5.32 Å². The fraction of sp³-hybridized carbons (Fsp3) is 0.650. The molecule has 5 nitrogen and oxygen atoms in total. The van der Waals surface area contributed by atoms with Crippen LogP contribution in [0, 0.1) is 5.41 Å². The highest BCUT2D eigenvalue weighted by Crippen LogP contribution is 2.28. The Hall–Kier alpha value is -1.43. The van der Waals surface area contributed by atoms with Crippen molar-refractivity contribution in [1.82, 2.24) is 10.2 Å². The summed E-state index contributed by atoms with van der Waals surface area (Å²) in [4.78, 5) is 14.3. The summed E-state index contributed by atoms with van der Waals surface area (Å²) in [5.41, 5.74) is 2.15. The molecular formula is C20H32N2O3. The molecule has 1 atom stereocenters. The molecule has 0 radical (unpaired) electrons. The summed E-state index contributed by atoms with van der Waals surface area (Å²) in [6.45, 7) is 9.56. The van der Waals surface area contributed by atoms with Gasteiger partial charge in [-0.05, 0) is 44.4 Å². The summed E-state index contributed by atoms with van der Waals surface area (Å²) >= 11 is 0. The number of rotatable bonds is 8. The third-order valence-corrected chi connectivity index (χ3v) is 4.70. The lowest BCUT2D eigenvalue weighted by Crippen LogP contribution is -2.47. The van der Waals surface area contributed by atoms with Gasteiger partial charge in [0.15, 0.2) is 0 Å². The fourth-order valence-corrected chi connectivity index (χ4v) is 3.17. The highest BCUT2D eigenvalue weighted by molar-refractivity contribution is 5.78. The number of ether oxygens (including phenoxy) is 1. The summed E-state index contributed by atoms with van der Waals surface area (Å²) in [7, 11) is 0. The highest BCUT2D eigenvalue weighted by Gasteiger charge is 2.30. The van der Waals surface area contributed by atoms with Crippen LogP contribution in [-0.2, 0) is 22.7 Å². The minimum absolute atomic E-state index is 0.0365. The average molecular weight is 348 g/mol. The predicted octanol–water partition coefficient (Wildman–Crippen LogP) is 2.32. The smallest absolute Gasteiger partial charge is 0.234 e. The largest absolute Gasteiger partial charge is 0.396 e. The van der Waals surface area contributed by atoms with Gasteiger partial charge in [-0.2, -0.15) is 0 Å². The molecule has 0 saturated carbocycles. The Labute approximate surface area is 151 Å². The SMILES string of the molecule is CC(C)OCc1ccc(CNC(=O)CN2CCCC(C)(CO)C2)cc1. The fourth-order valence-electron chi connectivity index (χ4n) is 3.17. The molecule has 2 rings (SSSR count). The van der Waals surface area contributed by atoms with E-state index in [2.05, 4.69) is 17.1 Å². The molecule has 5 heteroatoms. The van der Waals surface area contributed by atoms with Crippen molar-refractivity contribution < 1.29 is 14.6 Å². The lowest BCUT2D eigenvalue weighted by atomic mass is 9.83. The van der Waals surface area contributed by atoms with Gasteiger partial charge in [-0.1, -0.05) is 31.2 Å². The second-order valence-electron chi connectivity index (χ2n) is 7.74. The van der Waals surface area contributed by atoms with Gasteiger partial charge in [-0.25, -0.2) is 0 Å². The minimum Gasteiger partial charge on any atom is -0.396 e. The van der Waals surface area contributed by atoms with Gasteiger partial charge in [0.1, 0.15) is 0 Å². The Morgan fingerprint density at radius 2 is 2.00 bits per heavy atom. The van der Waals surface area contributed by atoms with Gasteiger partial charge in [0.05, 0.1) is 19.3 Å². The van der Waals surface area contributed by atoms with Crippen molar-refractivity contribution in [3.8, 4) is 0 Å². The Balaban J connectivity index is 1.74. The van der Waals surface area contributed by atoms with Gasteiger partial charge in [0, 0.05) is 25.1 Å². The molecule has 0 aromatic heterocycles. The van der Waals surface area contributed by atoms with E-state index in [0.717, 1.165) is 37.1 Å². The van der Waals surface area contributed by atoms with Gasteiger partial charge in [0.25, 0.3) is 0 Å². The number of piperidine rings is 1. The molecule has 1 aliphatic heterocycles. The maximum Gasteiger partial charge on any atom is 0.234 e. The van der Waals surface area contributed by atoms with Gasteiger partial charge >= 0.3 is 0 Å². The summed E-state index contributed by atoms with van der Waals surface area (Å²) in [6.07, 6.45) is 2.28. The van der Waals surface area contributed by atoms with Crippen molar-refractivity contribution >= 4 is 5.91 Å². The predicted molar refractivity (Wildman–Crippen MR) is 99.1 cm³/mol. The van der Waals surface area contributed by atoms with E-state index >= 15 is 0 Å². The molecule has 0 bridgehead atoms. The van der Waals surface area contributed by atoms with Gasteiger partial charge in [0.2, 0.25) is 5.91 Å². The van der Waals surface area contributed by atoms with E-state index in [9.17, 15) is 9.90 Å². The number of amides is 1. The number of hydrogen-bond donors (Lipinski definition) is 2. The molecule has 1 fully saturated rings. The monoisotopic (exact) mass is 348 g/mol. The lowest BCUT2D eigenvalue weighted by molar-refractivity contribution is -0.123. The molecular weight excluding hydrogens is 316 g/mol. The van der Waals surface area contributed by atoms with Crippen molar-refractivity contribution in [3.63, 3.8) is 0 Å². The van der Waals surface area contributed by atoms with E-state index in [1.807, 2.05) is 38.1 Å². The van der Waals surface area contributed by atoms with Crippen LogP contribution in [-0.4, -0.2) is 48.3 Å². The zero-order valence-electron chi connectivity index (χ0n) is 15.8. The number of likely N-dealkylation sites (tertiary alicyclic amines) is 1. The van der Waals surface area contributed by atoms with E-state index in [1.54, 1.807) is 0 Å². The lowest BCUT2D eigenvalue weighted by Gasteiger charge is -2.38. The Bertz CT molecular complexity index is 544. The summed E-state index contributed by atoms with van der Waals surface area (Å²) in [5.74, 6) is 0.0365. The van der Waals surface area contributed by atoms with Gasteiger partial charge in [-0.15, -0.1) is 0 Å². The van der Waals surface area contributed by atoms with Crippen LogP contribution in [0.1, 0.15) is 44.7 Å². The number of aliphatic hydroxyl groups excluding tert-OH is 1. The van der Waals surface area contributed by atoms with Crippen molar-refractivity contribution in [2.24, 2.45) is 5.41 Å². The molecule has 25 heavy (non-hydrogen) atoms. The van der Waals surface area contributed by atoms with Crippen LogP contribution >= 0.6 is 0 Å². The molecule has 140 valence electrons. The van der Waals surface area contributed by atoms with Crippen molar-refractivity contribution in [2.75, 3.05) is 26.2 Å². The third-order valence-electron chi connectivity index (χ3n) is 4.70. The van der Waals surface area contributed by atoms with Crippen molar-refractivity contribution in [3.05, 3.63) is 35.4 Å². The molecule has 1 amide bonds. The first-order valence-electron chi connectivity index (χ1n) is 9.19. The molecule has 1 aromatic carbocycles. The number of aliphatic hydroxyl groups is 1. The normalized spacial score (nSPS) is 21.5. The molecule has 2 N–H and O–H groups in total. The zero-order valence-corrected chi connectivity index (χ0v) is 15.8. The molecule has 0 aliphatic carbocycles. The number of benzene rings is 1. The van der Waals surface area contributed by atoms with Crippen LogP contribution in [0.4, 0.5) is 0 Å². The summed E-state index contributed by atoms with van der Waals surface area (Å²) < 4.78 is 5.58. The Kier molecular flexibility index (Phi) is 7.41. The Morgan fingerprint density at radius 3 is 2.64 bits per heavy atom. The number of nitrogens with one attached hydrogen (secondary N) is 1. The number of carbonyl (C=O) groups is 1. The Morgan fingerprint density at radius 1 is 1.32 bits per heavy atom. The summed E-state index contributed by atoms with van der Waals surface area (Å²) in [6, 6.07) is 8.15.